The van der Waals surface area contributed by atoms with Crippen molar-refractivity contribution in [3.05, 3.63) is 95.3 Å². The molecular formula is C29H24FN3O4. The van der Waals surface area contributed by atoms with Gasteiger partial charge in [0, 0.05) is 17.2 Å². The van der Waals surface area contributed by atoms with Crippen LogP contribution in [0.15, 0.2) is 72.8 Å². The third-order valence-corrected chi connectivity index (χ3v) is 7.30. The van der Waals surface area contributed by atoms with Gasteiger partial charge in [-0.05, 0) is 53.6 Å². The second kappa shape index (κ2) is 9.10. The van der Waals surface area contributed by atoms with E-state index in [1.54, 1.807) is 29.2 Å². The molecule has 0 saturated carbocycles. The molecule has 0 aromatic heterocycles. The first-order valence-electron chi connectivity index (χ1n) is 11.7. The van der Waals surface area contributed by atoms with Gasteiger partial charge in [-0.15, -0.1) is 0 Å². The van der Waals surface area contributed by atoms with Crippen molar-refractivity contribution in [2.45, 2.75) is 18.0 Å². The second-order valence-corrected chi connectivity index (χ2v) is 9.02. The molecule has 2 aliphatic rings. The van der Waals surface area contributed by atoms with Crippen LogP contribution in [-0.2, 0) is 4.79 Å². The quantitative estimate of drug-likeness (QED) is 0.515. The van der Waals surface area contributed by atoms with Crippen molar-refractivity contribution in [3.8, 4) is 17.6 Å². The third-order valence-electron chi connectivity index (χ3n) is 7.30. The number of fused-ring (bicyclic) bond motifs is 3. The molecule has 4 atom stereocenters. The van der Waals surface area contributed by atoms with E-state index in [0.717, 1.165) is 5.56 Å². The third kappa shape index (κ3) is 3.54. The maximum absolute atomic E-state index is 14.2. The summed E-state index contributed by atoms with van der Waals surface area (Å²) in [4.78, 5) is 29.3. The second-order valence-electron chi connectivity index (χ2n) is 9.02. The van der Waals surface area contributed by atoms with Gasteiger partial charge in [0.25, 0.3) is 0 Å². The van der Waals surface area contributed by atoms with E-state index in [1.165, 1.54) is 38.5 Å². The summed E-state index contributed by atoms with van der Waals surface area (Å²) in [5, 5.41) is 10.6. The van der Waals surface area contributed by atoms with Crippen LogP contribution in [0.4, 0.5) is 10.1 Å². The number of Topliss-reactive ketones (excluding diaryl/α,β-unsaturated/α-hetero) is 1. The summed E-state index contributed by atoms with van der Waals surface area (Å²) in [5.74, 6) is -1.84. The summed E-state index contributed by atoms with van der Waals surface area (Å²) in [6.45, 7) is 0. The first-order valence-corrected chi connectivity index (χ1v) is 11.7. The van der Waals surface area contributed by atoms with Gasteiger partial charge in [-0.3, -0.25) is 9.59 Å². The number of carbonyl (C=O) groups excluding carboxylic acids is 2. The molecule has 5 rings (SSSR count). The highest BCUT2D eigenvalue weighted by Crippen LogP contribution is 2.56. The minimum absolute atomic E-state index is 0.251. The molecule has 186 valence electrons. The number of nitriles is 1. The van der Waals surface area contributed by atoms with E-state index in [-0.39, 0.29) is 11.3 Å². The molecular weight excluding hydrogens is 473 g/mol. The molecule has 37 heavy (non-hydrogen) atoms. The van der Waals surface area contributed by atoms with Crippen LogP contribution in [-0.4, -0.2) is 38.0 Å². The van der Waals surface area contributed by atoms with Crippen molar-refractivity contribution >= 4 is 23.5 Å². The number of nitrogens with two attached hydrogens (primary N) is 1. The molecule has 0 aliphatic carbocycles. The first-order chi connectivity index (χ1) is 17.9. The number of carbonyl (C=O) groups is 2. The molecule has 7 nitrogen and oxygen atoms in total. The SMILES string of the molecule is COc1ccc([C@H]2[C@@H](C(=O)c3ccc(F)cc3)N3c4ccccc4C=C[C@@H]3[C@@]2(C#N)C(N)=O)cc1OC. The smallest absolute Gasteiger partial charge is 0.241 e. The van der Waals surface area contributed by atoms with Crippen molar-refractivity contribution < 1.29 is 23.5 Å². The molecule has 0 unspecified atom stereocenters. The van der Waals surface area contributed by atoms with Crippen molar-refractivity contribution in [1.29, 1.82) is 5.26 Å². The van der Waals surface area contributed by atoms with E-state index >= 15 is 0 Å². The normalized spacial score (nSPS) is 23.5. The van der Waals surface area contributed by atoms with Gasteiger partial charge in [-0.1, -0.05) is 36.4 Å². The van der Waals surface area contributed by atoms with Gasteiger partial charge in [0.2, 0.25) is 5.91 Å². The molecule has 2 aliphatic heterocycles. The van der Waals surface area contributed by atoms with Gasteiger partial charge in [-0.2, -0.15) is 5.26 Å². The highest BCUT2D eigenvalue weighted by molar-refractivity contribution is 6.06. The first kappa shape index (κ1) is 24.1. The van der Waals surface area contributed by atoms with Crippen LogP contribution in [0.5, 0.6) is 11.5 Å². The van der Waals surface area contributed by atoms with Crippen LogP contribution in [0, 0.1) is 22.6 Å². The Morgan fingerprint density at radius 2 is 1.73 bits per heavy atom. The Morgan fingerprint density at radius 3 is 2.38 bits per heavy atom. The highest BCUT2D eigenvalue weighted by atomic mass is 19.1. The molecule has 1 amide bonds. The van der Waals surface area contributed by atoms with Gasteiger partial charge in [-0.25, -0.2) is 4.39 Å². The lowest BCUT2D eigenvalue weighted by molar-refractivity contribution is -0.125. The molecule has 1 fully saturated rings. The number of hydrogen-bond donors (Lipinski definition) is 1. The number of amides is 1. The van der Waals surface area contributed by atoms with E-state index in [0.29, 0.717) is 22.7 Å². The number of benzene rings is 3. The number of hydrogen-bond acceptors (Lipinski definition) is 6. The van der Waals surface area contributed by atoms with Crippen LogP contribution in [0.25, 0.3) is 6.08 Å². The largest absolute Gasteiger partial charge is 0.493 e. The van der Waals surface area contributed by atoms with E-state index < -0.39 is 35.1 Å². The van der Waals surface area contributed by atoms with E-state index in [4.69, 9.17) is 15.2 Å². The minimum Gasteiger partial charge on any atom is -0.493 e. The van der Waals surface area contributed by atoms with Crippen LogP contribution >= 0.6 is 0 Å². The number of primary amides is 1. The zero-order chi connectivity index (χ0) is 26.3. The van der Waals surface area contributed by atoms with Gasteiger partial charge >= 0.3 is 0 Å². The Kier molecular flexibility index (Phi) is 5.92. The zero-order valence-corrected chi connectivity index (χ0v) is 20.2. The van der Waals surface area contributed by atoms with Crippen LogP contribution in [0.2, 0.25) is 0 Å². The van der Waals surface area contributed by atoms with Crippen molar-refractivity contribution in [2.24, 2.45) is 11.1 Å². The summed E-state index contributed by atoms with van der Waals surface area (Å²) >= 11 is 0. The predicted molar refractivity (Wildman–Crippen MR) is 136 cm³/mol. The number of rotatable bonds is 6. The van der Waals surface area contributed by atoms with Crippen LogP contribution in [0.3, 0.4) is 0 Å². The van der Waals surface area contributed by atoms with Gasteiger partial charge in [0.05, 0.1) is 26.3 Å². The zero-order valence-electron chi connectivity index (χ0n) is 20.2. The number of halogens is 1. The fourth-order valence-electron chi connectivity index (χ4n) is 5.63. The molecule has 0 spiro atoms. The molecule has 2 heterocycles. The predicted octanol–water partition coefficient (Wildman–Crippen LogP) is 4.09. The van der Waals surface area contributed by atoms with Crippen LogP contribution < -0.4 is 20.1 Å². The Labute approximate surface area is 213 Å². The monoisotopic (exact) mass is 497 g/mol. The van der Waals surface area contributed by atoms with E-state index in [9.17, 15) is 19.2 Å². The lowest BCUT2D eigenvalue weighted by atomic mass is 9.67. The molecule has 2 N–H and O–H groups in total. The molecule has 3 aromatic carbocycles. The Balaban J connectivity index is 1.81. The molecule has 3 aromatic rings. The number of anilines is 1. The van der Waals surface area contributed by atoms with Gasteiger partial charge < -0.3 is 20.1 Å². The average molecular weight is 498 g/mol. The topological polar surface area (TPSA) is 106 Å². The standard InChI is InChI=1S/C29H24FN3O4/c1-36-22-13-9-19(15-23(22)37-2)25-26(27(34)18-7-11-20(30)12-8-18)33-21-6-4-3-5-17(21)10-14-24(33)29(25,16-31)28(32)35/h3-15,24-26H,1-2H3,(H2,32,35)/t24-,25+,26+,29-/m1/s1. The number of methoxy groups -OCH3 is 2. The van der Waals surface area contributed by atoms with Crippen molar-refractivity contribution in [2.75, 3.05) is 19.1 Å². The van der Waals surface area contributed by atoms with E-state index in [1.807, 2.05) is 30.3 Å². The minimum atomic E-state index is -1.80. The van der Waals surface area contributed by atoms with Crippen LogP contribution in [0.1, 0.15) is 27.4 Å². The average Bonchev–Trinajstić information content (AvgIpc) is 3.24. The van der Waals surface area contributed by atoms with Crippen molar-refractivity contribution in [3.63, 3.8) is 0 Å². The number of ether oxygens (including phenoxy) is 2. The summed E-state index contributed by atoms with van der Waals surface area (Å²) in [7, 11) is 2.98. The van der Waals surface area contributed by atoms with Gasteiger partial charge in [0.15, 0.2) is 22.7 Å². The highest BCUT2D eigenvalue weighted by Gasteiger charge is 2.65. The molecule has 8 heteroatoms. The summed E-state index contributed by atoms with van der Waals surface area (Å²) in [6.07, 6.45) is 3.59. The van der Waals surface area contributed by atoms with Crippen molar-refractivity contribution in [1.82, 2.24) is 0 Å². The Bertz CT molecular complexity index is 1460. The molecule has 1 saturated heterocycles. The maximum atomic E-state index is 14.2. The Hall–Kier alpha value is -4.64. The molecule has 0 bridgehead atoms. The fourth-order valence-corrected chi connectivity index (χ4v) is 5.63. The number of ketones is 1. The van der Waals surface area contributed by atoms with Gasteiger partial charge in [0.1, 0.15) is 11.9 Å². The Morgan fingerprint density at radius 1 is 1.03 bits per heavy atom. The van der Waals surface area contributed by atoms with E-state index in [2.05, 4.69) is 6.07 Å². The molecule has 0 radical (unpaired) electrons. The maximum Gasteiger partial charge on any atom is 0.241 e. The lowest BCUT2D eigenvalue weighted by Gasteiger charge is -2.36. The lowest BCUT2D eigenvalue weighted by Crippen LogP contribution is -2.49. The summed E-state index contributed by atoms with van der Waals surface area (Å²) < 4.78 is 24.6. The number of nitrogens with zero attached hydrogens (tertiary/aromatic N) is 2. The fraction of sp³-hybridized carbons (Fsp3) is 0.207. The summed E-state index contributed by atoms with van der Waals surface area (Å²) in [6, 6.07) is 18.1. The summed E-state index contributed by atoms with van der Waals surface area (Å²) in [5.41, 5.74) is 6.50. The number of para-hydroxylation sites is 1.